The molecular formula is C25H28N2O3S. The van der Waals surface area contributed by atoms with Crippen molar-refractivity contribution in [1.82, 2.24) is 9.62 Å². The van der Waals surface area contributed by atoms with Crippen LogP contribution in [0, 0.1) is 12.8 Å². The minimum atomic E-state index is -3.54. The molecule has 1 aliphatic heterocycles. The lowest BCUT2D eigenvalue weighted by molar-refractivity contribution is -0.132. The van der Waals surface area contributed by atoms with E-state index in [0.29, 0.717) is 19.5 Å². The van der Waals surface area contributed by atoms with Crippen molar-refractivity contribution in [3.05, 3.63) is 77.9 Å². The number of fused-ring (bicyclic) bond motifs is 1. The maximum Gasteiger partial charge on any atom is 0.240 e. The lowest BCUT2D eigenvalue weighted by Gasteiger charge is -2.33. The quantitative estimate of drug-likeness (QED) is 0.637. The van der Waals surface area contributed by atoms with Gasteiger partial charge in [-0.05, 0) is 54.2 Å². The second-order valence-corrected chi connectivity index (χ2v) is 10.1. The molecule has 0 bridgehead atoms. The Kier molecular flexibility index (Phi) is 6.39. The smallest absolute Gasteiger partial charge is 0.240 e. The second kappa shape index (κ2) is 9.20. The molecule has 3 aromatic rings. The summed E-state index contributed by atoms with van der Waals surface area (Å²) in [5.41, 5.74) is 2.05. The average molecular weight is 437 g/mol. The summed E-state index contributed by atoms with van der Waals surface area (Å²) in [5, 5.41) is 2.24. The molecule has 4 rings (SSSR count). The maximum absolute atomic E-state index is 13.0. The van der Waals surface area contributed by atoms with E-state index in [-0.39, 0.29) is 16.7 Å². The zero-order chi connectivity index (χ0) is 21.8. The van der Waals surface area contributed by atoms with Crippen molar-refractivity contribution in [1.29, 1.82) is 0 Å². The molecule has 1 fully saturated rings. The molecular weight excluding hydrogens is 408 g/mol. The fourth-order valence-electron chi connectivity index (χ4n) is 4.21. The molecule has 162 valence electrons. The Bertz CT molecular complexity index is 1170. The highest BCUT2D eigenvalue weighted by Gasteiger charge is 2.25. The zero-order valence-corrected chi connectivity index (χ0v) is 18.6. The van der Waals surface area contributed by atoms with Crippen molar-refractivity contribution in [3.8, 4) is 0 Å². The zero-order valence-electron chi connectivity index (χ0n) is 17.8. The van der Waals surface area contributed by atoms with Crippen LogP contribution in [0.15, 0.2) is 71.6 Å². The third-order valence-electron chi connectivity index (χ3n) is 5.99. The van der Waals surface area contributed by atoms with Crippen molar-refractivity contribution in [2.45, 2.75) is 31.1 Å². The molecule has 0 aromatic heterocycles. The maximum atomic E-state index is 13.0. The first kappa shape index (κ1) is 21.5. The van der Waals surface area contributed by atoms with E-state index < -0.39 is 10.0 Å². The van der Waals surface area contributed by atoms with Crippen LogP contribution in [0.5, 0.6) is 0 Å². The minimum absolute atomic E-state index is 0.0995. The number of benzene rings is 3. The number of likely N-dealkylation sites (tertiary alicyclic amines) is 1. The predicted octanol–water partition coefficient (Wildman–Crippen LogP) is 3.91. The summed E-state index contributed by atoms with van der Waals surface area (Å²) in [6, 6.07) is 21.0. The lowest BCUT2D eigenvalue weighted by atomic mass is 9.97. The van der Waals surface area contributed by atoms with Crippen molar-refractivity contribution in [3.63, 3.8) is 0 Å². The van der Waals surface area contributed by atoms with Gasteiger partial charge in [-0.1, -0.05) is 60.2 Å². The summed E-state index contributed by atoms with van der Waals surface area (Å²) >= 11 is 0. The summed E-state index contributed by atoms with van der Waals surface area (Å²) in [6.07, 6.45) is 2.16. The van der Waals surface area contributed by atoms with Gasteiger partial charge in [0.1, 0.15) is 0 Å². The van der Waals surface area contributed by atoms with Gasteiger partial charge in [0.05, 0.1) is 11.3 Å². The molecule has 5 nitrogen and oxygen atoms in total. The fourth-order valence-corrected chi connectivity index (χ4v) is 5.32. The first-order valence-corrected chi connectivity index (χ1v) is 12.2. The number of hydrogen-bond acceptors (Lipinski definition) is 3. The molecule has 0 aliphatic carbocycles. The highest BCUT2D eigenvalue weighted by molar-refractivity contribution is 7.89. The highest BCUT2D eigenvalue weighted by Crippen LogP contribution is 2.22. The first-order chi connectivity index (χ1) is 14.9. The number of sulfonamides is 1. The fraction of sp³-hybridized carbons (Fsp3) is 0.320. The third-order valence-corrected chi connectivity index (χ3v) is 7.43. The monoisotopic (exact) mass is 436 g/mol. The predicted molar refractivity (Wildman–Crippen MR) is 123 cm³/mol. The molecule has 1 saturated heterocycles. The van der Waals surface area contributed by atoms with E-state index in [1.807, 2.05) is 36.1 Å². The Hall–Kier alpha value is -2.70. The molecule has 31 heavy (non-hydrogen) atoms. The Morgan fingerprint density at radius 3 is 2.58 bits per heavy atom. The molecule has 0 saturated carbocycles. The van der Waals surface area contributed by atoms with Crippen LogP contribution in [0.4, 0.5) is 0 Å². The average Bonchev–Trinajstić information content (AvgIpc) is 2.78. The normalized spacial score (nSPS) is 17.1. The molecule has 1 heterocycles. The number of nitrogens with zero attached hydrogens (tertiary/aromatic N) is 1. The van der Waals surface area contributed by atoms with Crippen molar-refractivity contribution < 1.29 is 13.2 Å². The van der Waals surface area contributed by atoms with Crippen molar-refractivity contribution in [2.24, 2.45) is 5.92 Å². The summed E-state index contributed by atoms with van der Waals surface area (Å²) in [4.78, 5) is 15.2. The third kappa shape index (κ3) is 5.14. The van der Waals surface area contributed by atoms with Gasteiger partial charge < -0.3 is 4.90 Å². The van der Waals surface area contributed by atoms with E-state index in [2.05, 4.69) is 22.9 Å². The largest absolute Gasteiger partial charge is 0.342 e. The number of piperidine rings is 1. The number of rotatable bonds is 6. The summed E-state index contributed by atoms with van der Waals surface area (Å²) in [6.45, 7) is 3.58. The van der Waals surface area contributed by atoms with E-state index in [4.69, 9.17) is 0 Å². The van der Waals surface area contributed by atoms with Crippen molar-refractivity contribution >= 4 is 26.7 Å². The van der Waals surface area contributed by atoms with Gasteiger partial charge in [-0.3, -0.25) is 4.79 Å². The topological polar surface area (TPSA) is 66.5 Å². The highest BCUT2D eigenvalue weighted by atomic mass is 32.2. The summed E-state index contributed by atoms with van der Waals surface area (Å²) in [7, 11) is -3.54. The Labute approximate surface area is 184 Å². The molecule has 1 N–H and O–H groups in total. The lowest BCUT2D eigenvalue weighted by Crippen LogP contribution is -2.44. The molecule has 6 heteroatoms. The van der Waals surface area contributed by atoms with Gasteiger partial charge in [0.25, 0.3) is 0 Å². The van der Waals surface area contributed by atoms with E-state index >= 15 is 0 Å². The SMILES string of the molecule is Cc1ccc(S(=O)(=O)NCC2CCCN(C(=O)Cc3cccc4ccccc34)C2)cc1. The molecule has 1 atom stereocenters. The van der Waals surface area contributed by atoms with E-state index in [0.717, 1.165) is 41.3 Å². The van der Waals surface area contributed by atoms with Gasteiger partial charge in [-0.2, -0.15) is 0 Å². The molecule has 1 amide bonds. The van der Waals surface area contributed by atoms with Crippen LogP contribution in [0.1, 0.15) is 24.0 Å². The number of hydrogen-bond donors (Lipinski definition) is 1. The van der Waals surface area contributed by atoms with Gasteiger partial charge in [-0.25, -0.2) is 13.1 Å². The van der Waals surface area contributed by atoms with Gasteiger partial charge in [0, 0.05) is 19.6 Å². The Balaban J connectivity index is 1.38. The Morgan fingerprint density at radius 1 is 1.03 bits per heavy atom. The van der Waals surface area contributed by atoms with Crippen LogP contribution in [0.3, 0.4) is 0 Å². The van der Waals surface area contributed by atoms with Gasteiger partial charge in [0.15, 0.2) is 0 Å². The number of amides is 1. The van der Waals surface area contributed by atoms with E-state index in [1.54, 1.807) is 24.3 Å². The second-order valence-electron chi connectivity index (χ2n) is 8.33. The van der Waals surface area contributed by atoms with Crippen LogP contribution in [0.25, 0.3) is 10.8 Å². The van der Waals surface area contributed by atoms with Gasteiger partial charge >= 0.3 is 0 Å². The molecule has 3 aromatic carbocycles. The van der Waals surface area contributed by atoms with Crippen LogP contribution < -0.4 is 4.72 Å². The molecule has 1 aliphatic rings. The van der Waals surface area contributed by atoms with Crippen LogP contribution >= 0.6 is 0 Å². The summed E-state index contributed by atoms with van der Waals surface area (Å²) < 4.78 is 27.9. The van der Waals surface area contributed by atoms with Crippen LogP contribution in [0.2, 0.25) is 0 Å². The first-order valence-electron chi connectivity index (χ1n) is 10.7. The number of aryl methyl sites for hydroxylation is 1. The number of carbonyl (C=O) groups excluding carboxylic acids is 1. The van der Waals surface area contributed by atoms with Crippen LogP contribution in [-0.4, -0.2) is 38.9 Å². The molecule has 0 radical (unpaired) electrons. The number of carbonyl (C=O) groups is 1. The van der Waals surface area contributed by atoms with Gasteiger partial charge in [-0.15, -0.1) is 0 Å². The summed E-state index contributed by atoms with van der Waals surface area (Å²) in [5.74, 6) is 0.216. The number of nitrogens with one attached hydrogen (secondary N) is 1. The Morgan fingerprint density at radius 2 is 1.77 bits per heavy atom. The standard InChI is InChI=1S/C25H28N2O3S/c1-19-11-13-23(14-12-19)31(29,30)26-17-20-6-5-15-27(18-20)25(28)16-22-9-4-8-21-7-2-3-10-24(21)22/h2-4,7-14,20,26H,5-6,15-18H2,1H3. The van der Waals surface area contributed by atoms with E-state index in [9.17, 15) is 13.2 Å². The molecule has 0 spiro atoms. The van der Waals surface area contributed by atoms with Crippen LogP contribution in [-0.2, 0) is 21.2 Å². The van der Waals surface area contributed by atoms with E-state index in [1.165, 1.54) is 0 Å². The minimum Gasteiger partial charge on any atom is -0.342 e. The van der Waals surface area contributed by atoms with Crippen molar-refractivity contribution in [2.75, 3.05) is 19.6 Å². The van der Waals surface area contributed by atoms with Gasteiger partial charge in [0.2, 0.25) is 15.9 Å². The molecule has 1 unspecified atom stereocenters.